The minimum Gasteiger partial charge on any atom is -0.379 e. The number of hydrogen-bond donors (Lipinski definition) is 1. The maximum absolute atomic E-state index is 5.34. The first kappa shape index (κ1) is 12.3. The standard InChI is InChI=1S/C13H26N2O/c1-2-5-13(4-1)12-14-6-3-7-15-8-10-16-11-9-15/h13-14H,1-12H2. The van der Waals surface area contributed by atoms with Gasteiger partial charge in [-0.2, -0.15) is 0 Å². The lowest BCUT2D eigenvalue weighted by Gasteiger charge is -2.26. The van der Waals surface area contributed by atoms with E-state index in [9.17, 15) is 0 Å². The van der Waals surface area contributed by atoms with Gasteiger partial charge < -0.3 is 10.1 Å². The van der Waals surface area contributed by atoms with Crippen molar-refractivity contribution in [3.05, 3.63) is 0 Å². The molecule has 0 aromatic carbocycles. The third kappa shape index (κ3) is 4.40. The highest BCUT2D eigenvalue weighted by atomic mass is 16.5. The molecule has 3 nitrogen and oxygen atoms in total. The zero-order chi connectivity index (χ0) is 11.1. The highest BCUT2D eigenvalue weighted by Crippen LogP contribution is 2.23. The topological polar surface area (TPSA) is 24.5 Å². The van der Waals surface area contributed by atoms with Crippen LogP contribution < -0.4 is 5.32 Å². The van der Waals surface area contributed by atoms with Gasteiger partial charge in [0.1, 0.15) is 0 Å². The van der Waals surface area contributed by atoms with Gasteiger partial charge in [-0.15, -0.1) is 0 Å². The zero-order valence-electron chi connectivity index (χ0n) is 10.4. The normalized spacial score (nSPS) is 24.0. The van der Waals surface area contributed by atoms with Gasteiger partial charge in [-0.3, -0.25) is 4.90 Å². The average molecular weight is 226 g/mol. The van der Waals surface area contributed by atoms with Gasteiger partial charge in [0.25, 0.3) is 0 Å². The molecule has 1 saturated heterocycles. The number of morpholine rings is 1. The molecule has 0 aromatic rings. The summed E-state index contributed by atoms with van der Waals surface area (Å²) in [7, 11) is 0. The summed E-state index contributed by atoms with van der Waals surface area (Å²) in [5.74, 6) is 0.975. The van der Waals surface area contributed by atoms with Crippen molar-refractivity contribution in [3.8, 4) is 0 Å². The summed E-state index contributed by atoms with van der Waals surface area (Å²) in [4.78, 5) is 2.51. The maximum atomic E-state index is 5.34. The molecule has 0 aromatic heterocycles. The Labute approximate surface area is 99.5 Å². The zero-order valence-corrected chi connectivity index (χ0v) is 10.4. The highest BCUT2D eigenvalue weighted by molar-refractivity contribution is 4.69. The molecular weight excluding hydrogens is 200 g/mol. The molecule has 2 rings (SSSR count). The molecule has 16 heavy (non-hydrogen) atoms. The maximum Gasteiger partial charge on any atom is 0.0594 e. The van der Waals surface area contributed by atoms with E-state index in [-0.39, 0.29) is 0 Å². The van der Waals surface area contributed by atoms with Crippen molar-refractivity contribution in [2.75, 3.05) is 45.9 Å². The number of hydrogen-bond acceptors (Lipinski definition) is 3. The predicted octanol–water partition coefficient (Wildman–Crippen LogP) is 1.49. The van der Waals surface area contributed by atoms with E-state index in [1.807, 2.05) is 0 Å². The molecule has 1 N–H and O–H groups in total. The SMILES string of the molecule is C1CCC(CNCCCN2CCOCC2)C1. The Morgan fingerprint density at radius 3 is 2.62 bits per heavy atom. The Hall–Kier alpha value is -0.120. The van der Waals surface area contributed by atoms with Crippen molar-refractivity contribution < 1.29 is 4.74 Å². The van der Waals surface area contributed by atoms with Gasteiger partial charge in [-0.25, -0.2) is 0 Å². The molecule has 0 spiro atoms. The van der Waals surface area contributed by atoms with Crippen LogP contribution in [0.25, 0.3) is 0 Å². The van der Waals surface area contributed by atoms with E-state index in [4.69, 9.17) is 4.74 Å². The van der Waals surface area contributed by atoms with Crippen molar-refractivity contribution in [3.63, 3.8) is 0 Å². The number of nitrogens with one attached hydrogen (secondary N) is 1. The Balaban J connectivity index is 1.42. The Morgan fingerprint density at radius 2 is 1.88 bits per heavy atom. The molecule has 1 aliphatic heterocycles. The second kappa shape index (κ2) is 7.25. The summed E-state index contributed by atoms with van der Waals surface area (Å²) in [6, 6.07) is 0. The molecular formula is C13H26N2O. The van der Waals surface area contributed by atoms with Crippen LogP contribution >= 0.6 is 0 Å². The molecule has 2 aliphatic rings. The molecule has 94 valence electrons. The minimum absolute atomic E-state index is 0.926. The van der Waals surface area contributed by atoms with Gasteiger partial charge in [0.2, 0.25) is 0 Å². The van der Waals surface area contributed by atoms with Crippen molar-refractivity contribution in [2.45, 2.75) is 32.1 Å². The second-order valence-electron chi connectivity index (χ2n) is 5.16. The lowest BCUT2D eigenvalue weighted by molar-refractivity contribution is 0.0374. The van der Waals surface area contributed by atoms with Gasteiger partial charge >= 0.3 is 0 Å². The summed E-state index contributed by atoms with van der Waals surface area (Å²) < 4.78 is 5.34. The summed E-state index contributed by atoms with van der Waals surface area (Å²) in [5.41, 5.74) is 0. The molecule has 1 aliphatic carbocycles. The van der Waals surface area contributed by atoms with Crippen LogP contribution in [0.2, 0.25) is 0 Å². The summed E-state index contributed by atoms with van der Waals surface area (Å²) in [6.45, 7) is 7.79. The van der Waals surface area contributed by atoms with Crippen LogP contribution in [0.3, 0.4) is 0 Å². The Bertz CT molecular complexity index is 175. The largest absolute Gasteiger partial charge is 0.379 e. The molecule has 2 fully saturated rings. The van der Waals surface area contributed by atoms with E-state index in [0.717, 1.165) is 32.2 Å². The van der Waals surface area contributed by atoms with Crippen LogP contribution in [-0.2, 0) is 4.74 Å². The van der Waals surface area contributed by atoms with E-state index >= 15 is 0 Å². The van der Waals surface area contributed by atoms with Crippen LogP contribution in [0.1, 0.15) is 32.1 Å². The van der Waals surface area contributed by atoms with Crippen molar-refractivity contribution >= 4 is 0 Å². The number of rotatable bonds is 6. The van der Waals surface area contributed by atoms with Gasteiger partial charge in [0.15, 0.2) is 0 Å². The fourth-order valence-electron chi connectivity index (χ4n) is 2.77. The first-order valence-electron chi connectivity index (χ1n) is 6.96. The molecule has 0 atom stereocenters. The summed E-state index contributed by atoms with van der Waals surface area (Å²) in [5, 5.41) is 3.61. The second-order valence-corrected chi connectivity index (χ2v) is 5.16. The van der Waals surface area contributed by atoms with Crippen LogP contribution in [0.4, 0.5) is 0 Å². The fraction of sp³-hybridized carbons (Fsp3) is 1.00. The first-order chi connectivity index (χ1) is 7.95. The Kier molecular flexibility index (Phi) is 5.59. The van der Waals surface area contributed by atoms with Crippen LogP contribution in [0.5, 0.6) is 0 Å². The lowest BCUT2D eigenvalue weighted by Crippen LogP contribution is -2.37. The summed E-state index contributed by atoms with van der Waals surface area (Å²) in [6.07, 6.45) is 7.11. The predicted molar refractivity (Wildman–Crippen MR) is 66.7 cm³/mol. The van der Waals surface area contributed by atoms with Crippen LogP contribution in [0.15, 0.2) is 0 Å². The van der Waals surface area contributed by atoms with Gasteiger partial charge in [0.05, 0.1) is 13.2 Å². The van der Waals surface area contributed by atoms with E-state index in [1.54, 1.807) is 0 Å². The monoisotopic (exact) mass is 226 g/mol. The molecule has 3 heteroatoms. The van der Waals surface area contributed by atoms with E-state index < -0.39 is 0 Å². The molecule has 0 bridgehead atoms. The molecule has 0 amide bonds. The van der Waals surface area contributed by atoms with Gasteiger partial charge in [0, 0.05) is 13.1 Å². The van der Waals surface area contributed by atoms with E-state index in [1.165, 1.54) is 51.7 Å². The number of nitrogens with zero attached hydrogens (tertiary/aromatic N) is 1. The van der Waals surface area contributed by atoms with E-state index in [0.29, 0.717) is 0 Å². The molecule has 1 heterocycles. The van der Waals surface area contributed by atoms with Crippen molar-refractivity contribution in [2.24, 2.45) is 5.92 Å². The molecule has 0 unspecified atom stereocenters. The Morgan fingerprint density at radius 1 is 1.12 bits per heavy atom. The third-order valence-electron chi connectivity index (χ3n) is 3.84. The quantitative estimate of drug-likeness (QED) is 0.695. The van der Waals surface area contributed by atoms with Gasteiger partial charge in [-0.1, -0.05) is 12.8 Å². The number of ether oxygens (including phenoxy) is 1. The van der Waals surface area contributed by atoms with Gasteiger partial charge in [-0.05, 0) is 44.8 Å². The third-order valence-corrected chi connectivity index (χ3v) is 3.84. The minimum atomic E-state index is 0.926. The fourth-order valence-corrected chi connectivity index (χ4v) is 2.77. The lowest BCUT2D eigenvalue weighted by atomic mass is 10.1. The van der Waals surface area contributed by atoms with Crippen molar-refractivity contribution in [1.29, 1.82) is 0 Å². The molecule has 1 saturated carbocycles. The van der Waals surface area contributed by atoms with Crippen LogP contribution in [-0.4, -0.2) is 50.8 Å². The average Bonchev–Trinajstić information content (AvgIpc) is 2.83. The highest BCUT2D eigenvalue weighted by Gasteiger charge is 2.14. The van der Waals surface area contributed by atoms with Crippen LogP contribution in [0, 0.1) is 5.92 Å². The van der Waals surface area contributed by atoms with Crippen molar-refractivity contribution in [1.82, 2.24) is 10.2 Å². The smallest absolute Gasteiger partial charge is 0.0594 e. The molecule has 0 radical (unpaired) electrons. The van der Waals surface area contributed by atoms with E-state index in [2.05, 4.69) is 10.2 Å². The summed E-state index contributed by atoms with van der Waals surface area (Å²) >= 11 is 0. The first-order valence-corrected chi connectivity index (χ1v) is 6.96.